The minimum atomic E-state index is -1.32. The largest absolute Gasteiger partial charge is 0.477 e. The lowest BCUT2D eigenvalue weighted by molar-refractivity contribution is -0.385. The normalized spacial score (nSPS) is 10.7. The van der Waals surface area contributed by atoms with Gasteiger partial charge in [0.25, 0.3) is 0 Å². The zero-order chi connectivity index (χ0) is 16.0. The molecule has 1 heterocycles. The first-order valence-electron chi connectivity index (χ1n) is 7.07. The molecule has 0 aromatic carbocycles. The van der Waals surface area contributed by atoms with Gasteiger partial charge in [0.15, 0.2) is 0 Å². The number of carbonyl (C=O) groups is 1. The second kappa shape index (κ2) is 7.56. The van der Waals surface area contributed by atoms with Crippen LogP contribution in [0.1, 0.15) is 44.0 Å². The lowest BCUT2D eigenvalue weighted by Crippen LogP contribution is -2.30. The van der Waals surface area contributed by atoms with E-state index in [1.54, 1.807) is 0 Å². The molecule has 0 aliphatic carbocycles. The number of hydrogen-bond donors (Lipinski definition) is 1. The highest BCUT2D eigenvalue weighted by atomic mass is 16.6. The fourth-order valence-corrected chi connectivity index (χ4v) is 2.17. The summed E-state index contributed by atoms with van der Waals surface area (Å²) in [4.78, 5) is 27.3. The van der Waals surface area contributed by atoms with Crippen molar-refractivity contribution in [3.63, 3.8) is 0 Å². The summed E-state index contributed by atoms with van der Waals surface area (Å²) in [6.45, 7) is 7.58. The van der Waals surface area contributed by atoms with E-state index in [-0.39, 0.29) is 5.56 Å². The van der Waals surface area contributed by atoms with E-state index in [2.05, 4.69) is 18.8 Å². The average molecular weight is 295 g/mol. The van der Waals surface area contributed by atoms with Crippen LogP contribution in [0.3, 0.4) is 0 Å². The molecule has 0 unspecified atom stereocenters. The first-order valence-corrected chi connectivity index (χ1v) is 7.07. The number of hydrogen-bond acceptors (Lipinski definition) is 5. The van der Waals surface area contributed by atoms with Crippen molar-refractivity contribution in [3.05, 3.63) is 27.9 Å². The van der Waals surface area contributed by atoms with E-state index in [1.165, 1.54) is 6.07 Å². The molecule has 0 atom stereocenters. The Bertz CT molecular complexity index is 515. The minimum Gasteiger partial charge on any atom is -0.477 e. The number of aromatic nitrogens is 1. The Labute approximate surface area is 123 Å². The highest BCUT2D eigenvalue weighted by Crippen LogP contribution is 2.23. The van der Waals surface area contributed by atoms with Crippen LogP contribution in [0.25, 0.3) is 0 Å². The standard InChI is InChI=1S/C14H21N3O4/c1-4-10(5-2)9-16(6-3)13-7-11(14(18)19)12(8-15-13)17(20)21/h7-8,10H,4-6,9H2,1-3H3,(H,18,19). The van der Waals surface area contributed by atoms with Gasteiger partial charge in [0.05, 0.1) is 4.92 Å². The zero-order valence-corrected chi connectivity index (χ0v) is 12.6. The zero-order valence-electron chi connectivity index (χ0n) is 12.6. The fraction of sp³-hybridized carbons (Fsp3) is 0.571. The predicted molar refractivity (Wildman–Crippen MR) is 79.8 cm³/mol. The van der Waals surface area contributed by atoms with Gasteiger partial charge >= 0.3 is 11.7 Å². The second-order valence-electron chi connectivity index (χ2n) is 4.84. The van der Waals surface area contributed by atoms with E-state index in [0.717, 1.165) is 25.6 Å². The Balaban J connectivity index is 3.13. The summed E-state index contributed by atoms with van der Waals surface area (Å²) in [5.74, 6) is -0.369. The van der Waals surface area contributed by atoms with Crippen molar-refractivity contribution in [2.45, 2.75) is 33.6 Å². The van der Waals surface area contributed by atoms with Crippen molar-refractivity contribution in [3.8, 4) is 0 Å². The summed E-state index contributed by atoms with van der Waals surface area (Å²) in [6, 6.07) is 1.28. The van der Waals surface area contributed by atoms with E-state index in [9.17, 15) is 14.9 Å². The van der Waals surface area contributed by atoms with E-state index < -0.39 is 16.6 Å². The molecule has 1 rings (SSSR count). The topological polar surface area (TPSA) is 96.6 Å². The third kappa shape index (κ3) is 4.14. The van der Waals surface area contributed by atoms with Crippen LogP contribution >= 0.6 is 0 Å². The molecule has 0 saturated carbocycles. The van der Waals surface area contributed by atoms with Gasteiger partial charge in [-0.3, -0.25) is 10.1 Å². The Morgan fingerprint density at radius 2 is 2.05 bits per heavy atom. The molecule has 1 aromatic heterocycles. The summed E-state index contributed by atoms with van der Waals surface area (Å²) < 4.78 is 0. The maximum absolute atomic E-state index is 11.2. The molecule has 0 radical (unpaired) electrons. The van der Waals surface area contributed by atoms with Gasteiger partial charge in [0, 0.05) is 19.2 Å². The van der Waals surface area contributed by atoms with Crippen molar-refractivity contribution in [2.75, 3.05) is 18.0 Å². The van der Waals surface area contributed by atoms with Crippen LogP contribution in [-0.4, -0.2) is 34.1 Å². The lowest BCUT2D eigenvalue weighted by Gasteiger charge is -2.26. The van der Waals surface area contributed by atoms with Crippen LogP contribution in [0.2, 0.25) is 0 Å². The average Bonchev–Trinajstić information content (AvgIpc) is 2.48. The molecule has 21 heavy (non-hydrogen) atoms. The number of pyridine rings is 1. The number of aromatic carboxylic acids is 1. The first-order chi connectivity index (χ1) is 9.94. The predicted octanol–water partition coefficient (Wildman–Crippen LogP) is 2.95. The van der Waals surface area contributed by atoms with Gasteiger partial charge in [-0.1, -0.05) is 26.7 Å². The van der Waals surface area contributed by atoms with Crippen LogP contribution in [0.15, 0.2) is 12.3 Å². The molecule has 0 spiro atoms. The molecule has 7 heteroatoms. The van der Waals surface area contributed by atoms with Crippen LogP contribution in [0, 0.1) is 16.0 Å². The number of rotatable bonds is 8. The molecule has 116 valence electrons. The van der Waals surface area contributed by atoms with Crippen molar-refractivity contribution >= 4 is 17.5 Å². The fourth-order valence-electron chi connectivity index (χ4n) is 2.17. The maximum atomic E-state index is 11.2. The van der Waals surface area contributed by atoms with Crippen molar-refractivity contribution < 1.29 is 14.8 Å². The first kappa shape index (κ1) is 16.9. The third-order valence-corrected chi connectivity index (χ3v) is 3.63. The van der Waals surface area contributed by atoms with Gasteiger partial charge in [0.1, 0.15) is 17.6 Å². The number of carboxylic acids is 1. The quantitative estimate of drug-likeness (QED) is 0.585. The highest BCUT2D eigenvalue weighted by molar-refractivity contribution is 5.93. The highest BCUT2D eigenvalue weighted by Gasteiger charge is 2.23. The van der Waals surface area contributed by atoms with Gasteiger partial charge < -0.3 is 10.0 Å². The molecule has 0 fully saturated rings. The third-order valence-electron chi connectivity index (χ3n) is 3.63. The molecule has 1 aromatic rings. The molecule has 1 N–H and O–H groups in total. The van der Waals surface area contributed by atoms with Crippen molar-refractivity contribution in [2.24, 2.45) is 5.92 Å². The van der Waals surface area contributed by atoms with Crippen LogP contribution < -0.4 is 4.90 Å². The second-order valence-corrected chi connectivity index (χ2v) is 4.84. The minimum absolute atomic E-state index is 0.326. The van der Waals surface area contributed by atoms with Crippen LogP contribution in [0.4, 0.5) is 11.5 Å². The summed E-state index contributed by atoms with van der Waals surface area (Å²) >= 11 is 0. The summed E-state index contributed by atoms with van der Waals surface area (Å²) in [7, 11) is 0. The molecule has 0 aliphatic rings. The monoisotopic (exact) mass is 295 g/mol. The van der Waals surface area contributed by atoms with E-state index in [0.29, 0.717) is 18.3 Å². The Hall–Kier alpha value is -2.18. The maximum Gasteiger partial charge on any atom is 0.342 e. The molecular weight excluding hydrogens is 274 g/mol. The van der Waals surface area contributed by atoms with Crippen LogP contribution in [0.5, 0.6) is 0 Å². The Morgan fingerprint density at radius 1 is 1.43 bits per heavy atom. The van der Waals surface area contributed by atoms with Gasteiger partial charge in [-0.2, -0.15) is 0 Å². The van der Waals surface area contributed by atoms with E-state index in [1.807, 2.05) is 11.8 Å². The molecule has 0 amide bonds. The lowest BCUT2D eigenvalue weighted by atomic mass is 10.0. The molecule has 0 bridgehead atoms. The van der Waals surface area contributed by atoms with Crippen LogP contribution in [-0.2, 0) is 0 Å². The summed E-state index contributed by atoms with van der Waals surface area (Å²) in [5, 5.41) is 20.0. The van der Waals surface area contributed by atoms with E-state index in [4.69, 9.17) is 5.11 Å². The number of nitrogens with zero attached hydrogens (tertiary/aromatic N) is 3. The molecule has 0 saturated heterocycles. The van der Waals surface area contributed by atoms with Crippen molar-refractivity contribution in [1.82, 2.24) is 4.98 Å². The molecule has 0 aliphatic heterocycles. The summed E-state index contributed by atoms with van der Waals surface area (Å²) in [5.41, 5.74) is -0.808. The van der Waals surface area contributed by atoms with Crippen molar-refractivity contribution in [1.29, 1.82) is 0 Å². The number of carboxylic acid groups (broad SMARTS) is 1. The Morgan fingerprint density at radius 3 is 2.48 bits per heavy atom. The van der Waals surface area contributed by atoms with Gasteiger partial charge in [0.2, 0.25) is 0 Å². The molecular formula is C14H21N3O4. The van der Waals surface area contributed by atoms with E-state index >= 15 is 0 Å². The SMILES string of the molecule is CCC(CC)CN(CC)c1cc(C(=O)O)c([N+](=O)[O-])cn1. The van der Waals surface area contributed by atoms with Gasteiger partial charge in [-0.05, 0) is 12.8 Å². The Kier molecular flexibility index (Phi) is 6.08. The smallest absolute Gasteiger partial charge is 0.342 e. The molecule has 7 nitrogen and oxygen atoms in total. The van der Waals surface area contributed by atoms with Gasteiger partial charge in [-0.25, -0.2) is 9.78 Å². The van der Waals surface area contributed by atoms with Gasteiger partial charge in [-0.15, -0.1) is 0 Å². The summed E-state index contributed by atoms with van der Waals surface area (Å²) in [6.07, 6.45) is 3.06. The number of nitro groups is 1. The number of anilines is 1.